The maximum Gasteiger partial charge on any atom is 0.222 e. The Morgan fingerprint density at radius 2 is 2.29 bits per heavy atom. The van der Waals surface area contributed by atoms with Crippen LogP contribution in [0.25, 0.3) is 0 Å². The van der Waals surface area contributed by atoms with E-state index in [1.54, 1.807) is 25.0 Å². The van der Waals surface area contributed by atoms with Crippen LogP contribution in [0.15, 0.2) is 37.3 Å². The van der Waals surface area contributed by atoms with Crippen LogP contribution < -0.4 is 0 Å². The normalized spacial score (nSPS) is 17.8. The van der Waals surface area contributed by atoms with Gasteiger partial charge in [0.2, 0.25) is 5.91 Å². The molecule has 1 aliphatic rings. The molecule has 7 nitrogen and oxygen atoms in total. The maximum atomic E-state index is 12.4. The number of hydrogen-bond acceptors (Lipinski definition) is 5. The molecule has 1 saturated heterocycles. The Labute approximate surface area is 141 Å². The summed E-state index contributed by atoms with van der Waals surface area (Å²) in [6, 6.07) is 1.92. The van der Waals surface area contributed by atoms with Gasteiger partial charge in [-0.2, -0.15) is 0 Å². The molecule has 1 aliphatic heterocycles. The average molecular weight is 329 g/mol. The Morgan fingerprint density at radius 3 is 3.08 bits per heavy atom. The molecule has 0 spiro atoms. The number of imidazole rings is 1. The van der Waals surface area contributed by atoms with Gasteiger partial charge in [-0.05, 0) is 25.3 Å². The van der Waals surface area contributed by atoms with Crippen molar-refractivity contribution in [1.29, 1.82) is 0 Å². The highest BCUT2D eigenvalue weighted by Gasteiger charge is 2.23. The van der Waals surface area contributed by atoms with Gasteiger partial charge in [0.25, 0.3) is 0 Å². The van der Waals surface area contributed by atoms with Crippen molar-refractivity contribution < 1.29 is 9.53 Å². The molecule has 0 N–H and O–H groups in total. The van der Waals surface area contributed by atoms with Crippen LogP contribution in [0.3, 0.4) is 0 Å². The zero-order valence-electron chi connectivity index (χ0n) is 13.8. The predicted octanol–water partition coefficient (Wildman–Crippen LogP) is 1.31. The number of carbonyl (C=O) groups is 1. The molecule has 24 heavy (non-hydrogen) atoms. The molecule has 1 atom stereocenters. The summed E-state index contributed by atoms with van der Waals surface area (Å²) < 4.78 is 7.79. The van der Waals surface area contributed by atoms with Crippen LogP contribution in [0.2, 0.25) is 0 Å². The lowest BCUT2D eigenvalue weighted by molar-refractivity contribution is -0.139. The molecule has 2 aromatic rings. The summed E-state index contributed by atoms with van der Waals surface area (Å²) in [6.45, 7) is 2.80. The molecule has 7 heteroatoms. The monoisotopic (exact) mass is 329 g/mol. The zero-order chi connectivity index (χ0) is 16.6. The van der Waals surface area contributed by atoms with Crippen LogP contribution in [0.1, 0.15) is 25.0 Å². The van der Waals surface area contributed by atoms with E-state index in [4.69, 9.17) is 4.74 Å². The van der Waals surface area contributed by atoms with E-state index < -0.39 is 0 Å². The van der Waals surface area contributed by atoms with E-state index in [2.05, 4.69) is 15.0 Å². The lowest BCUT2D eigenvalue weighted by Crippen LogP contribution is -2.45. The average Bonchev–Trinajstić information content (AvgIpc) is 3.14. The van der Waals surface area contributed by atoms with Crippen molar-refractivity contribution in [2.75, 3.05) is 19.7 Å². The Kier molecular flexibility index (Phi) is 5.90. The second kappa shape index (κ2) is 8.54. The second-order valence-corrected chi connectivity index (χ2v) is 5.98. The molecule has 128 valence electrons. The molecular weight excluding hydrogens is 306 g/mol. The van der Waals surface area contributed by atoms with Gasteiger partial charge in [-0.25, -0.2) is 15.0 Å². The minimum Gasteiger partial charge on any atom is -0.375 e. The first-order valence-corrected chi connectivity index (χ1v) is 8.41. The number of amides is 1. The molecule has 2 aromatic heterocycles. The molecule has 0 saturated carbocycles. The van der Waals surface area contributed by atoms with Gasteiger partial charge in [0, 0.05) is 50.3 Å². The van der Waals surface area contributed by atoms with Gasteiger partial charge in [0.1, 0.15) is 6.33 Å². The van der Waals surface area contributed by atoms with E-state index in [0.29, 0.717) is 26.1 Å². The van der Waals surface area contributed by atoms with Crippen LogP contribution in [0, 0.1) is 0 Å². The predicted molar refractivity (Wildman–Crippen MR) is 88.1 cm³/mol. The van der Waals surface area contributed by atoms with E-state index in [0.717, 1.165) is 31.5 Å². The highest BCUT2D eigenvalue weighted by Crippen LogP contribution is 2.13. The maximum absolute atomic E-state index is 12.4. The number of aromatic nitrogens is 4. The van der Waals surface area contributed by atoms with Crippen molar-refractivity contribution in [3.63, 3.8) is 0 Å². The number of aryl methyl sites for hydroxylation is 2. The lowest BCUT2D eigenvalue weighted by Gasteiger charge is -2.33. The minimum absolute atomic E-state index is 0.0892. The minimum atomic E-state index is 0.0892. The first kappa shape index (κ1) is 16.6. The molecule has 3 heterocycles. The number of carbonyl (C=O) groups excluding carboxylic acids is 1. The summed E-state index contributed by atoms with van der Waals surface area (Å²) in [4.78, 5) is 26.5. The molecule has 1 fully saturated rings. The third kappa shape index (κ3) is 4.86. The molecule has 1 amide bonds. The summed E-state index contributed by atoms with van der Waals surface area (Å²) in [5, 5.41) is 0. The lowest BCUT2D eigenvalue weighted by atomic mass is 10.1. The molecule has 0 aromatic carbocycles. The van der Waals surface area contributed by atoms with Crippen LogP contribution in [0.5, 0.6) is 0 Å². The fourth-order valence-corrected chi connectivity index (χ4v) is 2.89. The van der Waals surface area contributed by atoms with Crippen LogP contribution in [-0.4, -0.2) is 56.1 Å². The van der Waals surface area contributed by atoms with Crippen molar-refractivity contribution in [2.24, 2.45) is 0 Å². The highest BCUT2D eigenvalue weighted by atomic mass is 16.5. The first-order chi connectivity index (χ1) is 11.8. The second-order valence-electron chi connectivity index (χ2n) is 5.98. The fraction of sp³-hybridized carbons (Fsp3) is 0.529. The number of hydrogen-bond donors (Lipinski definition) is 0. The van der Waals surface area contributed by atoms with Gasteiger partial charge in [-0.1, -0.05) is 0 Å². The van der Waals surface area contributed by atoms with Crippen molar-refractivity contribution in [1.82, 2.24) is 24.4 Å². The molecular formula is C17H23N5O2. The summed E-state index contributed by atoms with van der Waals surface area (Å²) in [7, 11) is 0. The van der Waals surface area contributed by atoms with Crippen LogP contribution >= 0.6 is 0 Å². The van der Waals surface area contributed by atoms with E-state index in [-0.39, 0.29) is 12.0 Å². The van der Waals surface area contributed by atoms with Crippen molar-refractivity contribution in [3.8, 4) is 0 Å². The first-order valence-electron chi connectivity index (χ1n) is 8.41. The summed E-state index contributed by atoms with van der Waals surface area (Å²) in [5.74, 6) is 0.213. The number of morpholine rings is 1. The van der Waals surface area contributed by atoms with E-state index in [1.165, 1.54) is 0 Å². The van der Waals surface area contributed by atoms with Crippen molar-refractivity contribution in [2.45, 2.75) is 38.3 Å². The molecule has 0 radical (unpaired) electrons. The van der Waals surface area contributed by atoms with E-state index >= 15 is 0 Å². The third-order valence-electron chi connectivity index (χ3n) is 4.22. The smallest absolute Gasteiger partial charge is 0.222 e. The van der Waals surface area contributed by atoms with Gasteiger partial charge >= 0.3 is 0 Å². The van der Waals surface area contributed by atoms with Gasteiger partial charge < -0.3 is 14.2 Å². The molecule has 0 aliphatic carbocycles. The van der Waals surface area contributed by atoms with Crippen molar-refractivity contribution >= 4 is 5.91 Å². The van der Waals surface area contributed by atoms with Gasteiger partial charge in [-0.15, -0.1) is 0 Å². The zero-order valence-corrected chi connectivity index (χ0v) is 13.8. The third-order valence-corrected chi connectivity index (χ3v) is 4.22. The molecule has 0 unspecified atom stereocenters. The van der Waals surface area contributed by atoms with Crippen LogP contribution in [-0.2, 0) is 22.5 Å². The van der Waals surface area contributed by atoms with E-state index in [9.17, 15) is 4.79 Å². The standard InChI is InChI=1S/C17H23N5O2/c23-17(2-1-8-21-9-7-19-14-21)22-10-11-24-16(12-22)4-3-15-5-6-18-13-20-15/h5-7,9,13-14,16H,1-4,8,10-12H2/t16-/m1/s1. The number of nitrogens with zero attached hydrogens (tertiary/aromatic N) is 5. The van der Waals surface area contributed by atoms with Gasteiger partial charge in [0.05, 0.1) is 19.0 Å². The Balaban J connectivity index is 1.40. The van der Waals surface area contributed by atoms with Gasteiger partial charge in [-0.3, -0.25) is 4.79 Å². The van der Waals surface area contributed by atoms with Gasteiger partial charge in [0.15, 0.2) is 0 Å². The molecule has 3 rings (SSSR count). The summed E-state index contributed by atoms with van der Waals surface area (Å²) >= 11 is 0. The largest absolute Gasteiger partial charge is 0.375 e. The number of ether oxygens (including phenoxy) is 1. The summed E-state index contributed by atoms with van der Waals surface area (Å²) in [5.41, 5.74) is 1.01. The fourth-order valence-electron chi connectivity index (χ4n) is 2.89. The number of rotatable bonds is 7. The Morgan fingerprint density at radius 1 is 1.33 bits per heavy atom. The topological polar surface area (TPSA) is 73.1 Å². The Bertz CT molecular complexity index is 617. The quantitative estimate of drug-likeness (QED) is 0.766. The summed E-state index contributed by atoms with van der Waals surface area (Å²) in [6.07, 6.45) is 12.0. The van der Waals surface area contributed by atoms with Crippen molar-refractivity contribution in [3.05, 3.63) is 43.0 Å². The highest BCUT2D eigenvalue weighted by molar-refractivity contribution is 5.76. The van der Waals surface area contributed by atoms with Crippen LogP contribution in [0.4, 0.5) is 0 Å². The Hall–Kier alpha value is -2.28. The molecule has 0 bridgehead atoms. The SMILES string of the molecule is O=C(CCCn1ccnc1)N1CCO[C@H](CCc2ccncn2)C1. The van der Waals surface area contributed by atoms with E-state index in [1.807, 2.05) is 21.7 Å².